The number of nitrogen functional groups attached to an aromatic ring is 1. The van der Waals surface area contributed by atoms with Crippen LogP contribution in [0, 0.1) is 11.6 Å². The first-order valence-electron chi connectivity index (χ1n) is 22.3. The third-order valence-electron chi connectivity index (χ3n) is 12.5. The number of rotatable bonds is 9. The van der Waals surface area contributed by atoms with Crippen LogP contribution in [0.4, 0.5) is 43.4 Å². The maximum absolute atomic E-state index is 15.6. The molecule has 1 aliphatic heterocycles. The Morgan fingerprint density at radius 2 is 1.00 bits per heavy atom. The van der Waals surface area contributed by atoms with Crippen LogP contribution in [0.15, 0.2) is 133 Å². The quantitative estimate of drug-likeness (QED) is 0.0527. The van der Waals surface area contributed by atoms with Crippen molar-refractivity contribution in [2.75, 3.05) is 21.3 Å². The summed E-state index contributed by atoms with van der Waals surface area (Å²) < 4.78 is 33.7. The van der Waals surface area contributed by atoms with Crippen molar-refractivity contribution in [2.45, 2.75) is 51.6 Å². The summed E-state index contributed by atoms with van der Waals surface area (Å²) >= 11 is 0. The van der Waals surface area contributed by atoms with Crippen molar-refractivity contribution in [3.8, 4) is 0 Å². The van der Waals surface area contributed by atoms with Gasteiger partial charge in [-0.05, 0) is 108 Å². The normalized spacial score (nSPS) is 13.2. The zero-order chi connectivity index (χ0) is 46.9. The molecule has 4 aromatic heterocycles. The van der Waals surface area contributed by atoms with E-state index >= 15 is 4.39 Å². The molecule has 69 heavy (non-hydrogen) atoms. The highest BCUT2D eigenvalue weighted by atomic mass is 19.1. The molecule has 2 amide bonds. The van der Waals surface area contributed by atoms with Crippen LogP contribution in [0.5, 0.6) is 0 Å². The van der Waals surface area contributed by atoms with Crippen molar-refractivity contribution in [3.63, 3.8) is 0 Å². The monoisotopic (exact) mass is 926 g/mol. The Hall–Kier alpha value is -8.38. The first-order chi connectivity index (χ1) is 33.3. The topological polar surface area (TPSA) is 232 Å². The zero-order valence-corrected chi connectivity index (χ0v) is 37.3. The number of carbonyl (C=O) groups excluding carboxylic acids is 2. The highest BCUT2D eigenvalue weighted by Gasteiger charge is 2.39. The molecule has 0 fully saturated rings. The molecule has 17 heteroatoms. The predicted octanol–water partition coefficient (Wildman–Crippen LogP) is 8.08. The Morgan fingerprint density at radius 3 is 1.51 bits per heavy atom. The first kappa shape index (κ1) is 45.8. The van der Waals surface area contributed by atoms with Gasteiger partial charge in [-0.15, -0.1) is 0 Å². The molecule has 9 aromatic rings. The van der Waals surface area contributed by atoms with E-state index < -0.39 is 23.4 Å². The molecule has 3 aliphatic rings. The number of carbonyl (C=O) groups is 2. The Kier molecular flexibility index (Phi) is 12.9. The van der Waals surface area contributed by atoms with Crippen LogP contribution in [-0.4, -0.2) is 46.8 Å². The number of aryl methyl sites for hydroxylation is 2. The summed E-state index contributed by atoms with van der Waals surface area (Å²) in [6, 6.07) is 41.1. The number of hydrazine groups is 1. The highest BCUT2D eigenvalue weighted by Crippen LogP contribution is 2.37. The van der Waals surface area contributed by atoms with E-state index in [1.165, 1.54) is 34.4 Å². The minimum atomic E-state index is -0.592. The molecule has 0 bridgehead atoms. The molecule has 0 unspecified atom stereocenters. The van der Waals surface area contributed by atoms with Crippen LogP contribution in [-0.2, 0) is 38.8 Å². The number of nitrogens with one attached hydrogen (secondary N) is 2. The fraction of sp³-hybridized carbons (Fsp3) is 0.154. The molecule has 0 saturated heterocycles. The number of nitrogens with zero attached hydrogens (tertiary/aromatic N) is 7. The molecular weight excluding hydrogens is 879 g/mol. The predicted molar refractivity (Wildman–Crippen MR) is 264 cm³/mol. The van der Waals surface area contributed by atoms with Crippen molar-refractivity contribution >= 4 is 68.5 Å². The maximum atomic E-state index is 15.6. The average Bonchev–Trinajstić information content (AvgIpc) is 4.21. The number of hydrogen-bond donors (Lipinski definition) is 5. The number of benzene rings is 5. The summed E-state index contributed by atoms with van der Waals surface area (Å²) in [7, 11) is 0. The third kappa shape index (κ3) is 8.73. The molecule has 348 valence electrons. The molecule has 0 atom stereocenters. The van der Waals surface area contributed by atoms with Crippen molar-refractivity contribution in [1.82, 2.24) is 29.5 Å². The summed E-state index contributed by atoms with van der Waals surface area (Å²) in [6.45, 7) is 0.854. The summed E-state index contributed by atoms with van der Waals surface area (Å²) in [6.07, 6.45) is 6.20. The van der Waals surface area contributed by atoms with E-state index in [0.717, 1.165) is 65.9 Å². The van der Waals surface area contributed by atoms with Gasteiger partial charge in [0.15, 0.2) is 46.2 Å². The number of aromatic nitrogens is 6. The Balaban J connectivity index is 0.000000171. The Bertz CT molecular complexity index is 3340. The number of amides is 2. The van der Waals surface area contributed by atoms with Crippen LogP contribution in [0.3, 0.4) is 0 Å². The van der Waals surface area contributed by atoms with E-state index in [1.807, 2.05) is 84.9 Å². The standard InChI is InChI=1S/C30H22FN5O2.C22H20FN5.H4N2.H2O/c31-24-16-23-27(33-26(24)32-25-15-7-11-19-10-6-14-20(19)25)35(17-18-8-2-1-3-9-18)34-28(23)36-29(37)21-12-4-5-13-22(21)30(36)38;23-18-12-17-20(24)27-28(13-14-6-2-1-3-7-14)22(17)26-21(18)25-19-11-5-9-15-8-4-10-16(15)19;1-2;/h1-5,7-9,11-13,15-16H,6,10,14,17H2,(H,32,33);1-3,5-7,9,11-12H,4,8,10,13H2,(H2,24,27)(H,25,26);1-2H2;1H2. The van der Waals surface area contributed by atoms with Gasteiger partial charge in [0.25, 0.3) is 11.8 Å². The van der Waals surface area contributed by atoms with E-state index in [9.17, 15) is 14.0 Å². The summed E-state index contributed by atoms with van der Waals surface area (Å²) in [4.78, 5) is 36.7. The average molecular weight is 927 g/mol. The second-order valence-electron chi connectivity index (χ2n) is 16.7. The largest absolute Gasteiger partial charge is 0.412 e. The second kappa shape index (κ2) is 19.5. The van der Waals surface area contributed by atoms with E-state index in [-0.39, 0.29) is 34.1 Å². The summed E-state index contributed by atoms with van der Waals surface area (Å²) in [5.41, 5.74) is 16.4. The minimum Gasteiger partial charge on any atom is -0.412 e. The van der Waals surface area contributed by atoms with Crippen molar-refractivity contribution in [2.24, 2.45) is 11.7 Å². The first-order valence-corrected chi connectivity index (χ1v) is 22.3. The molecule has 2 aliphatic carbocycles. The minimum absolute atomic E-state index is 0. The number of imide groups is 1. The van der Waals surface area contributed by atoms with Gasteiger partial charge in [0.1, 0.15) is 0 Å². The van der Waals surface area contributed by atoms with Gasteiger partial charge in [-0.1, -0.05) is 97.1 Å². The number of hydrogen-bond acceptors (Lipinski definition) is 11. The van der Waals surface area contributed by atoms with E-state index in [1.54, 1.807) is 33.6 Å². The molecule has 10 N–H and O–H groups in total. The lowest BCUT2D eigenvalue weighted by Crippen LogP contribution is -2.30. The molecular formula is C52H48F2N12O3. The van der Waals surface area contributed by atoms with Gasteiger partial charge in [0.2, 0.25) is 0 Å². The lowest BCUT2D eigenvalue weighted by atomic mass is 10.1. The van der Waals surface area contributed by atoms with E-state index in [2.05, 4.69) is 54.6 Å². The summed E-state index contributed by atoms with van der Waals surface area (Å²) in [5, 5.41) is 16.2. The Morgan fingerprint density at radius 1 is 0.551 bits per heavy atom. The second-order valence-corrected chi connectivity index (χ2v) is 16.7. The van der Waals surface area contributed by atoms with Gasteiger partial charge >= 0.3 is 0 Å². The van der Waals surface area contributed by atoms with Gasteiger partial charge in [0, 0.05) is 11.4 Å². The number of nitrogens with two attached hydrogens (primary N) is 3. The van der Waals surface area contributed by atoms with Crippen LogP contribution >= 0.6 is 0 Å². The van der Waals surface area contributed by atoms with Crippen LogP contribution < -0.4 is 33.0 Å². The molecule has 15 nitrogen and oxygen atoms in total. The van der Waals surface area contributed by atoms with Crippen LogP contribution in [0.2, 0.25) is 0 Å². The molecule has 5 heterocycles. The maximum Gasteiger partial charge on any atom is 0.267 e. The molecule has 0 radical (unpaired) electrons. The van der Waals surface area contributed by atoms with Crippen molar-refractivity contribution in [3.05, 3.63) is 190 Å². The van der Waals surface area contributed by atoms with Crippen molar-refractivity contribution < 1.29 is 23.8 Å². The third-order valence-corrected chi connectivity index (χ3v) is 12.5. The van der Waals surface area contributed by atoms with Crippen LogP contribution in [0.25, 0.3) is 22.1 Å². The lowest BCUT2D eigenvalue weighted by Gasteiger charge is -2.13. The fourth-order valence-electron chi connectivity index (χ4n) is 9.34. The SMILES string of the molecule is NN.Nc1nn(Cc2ccccc2)c2nc(Nc3cccc4c3CCC4)c(F)cc12.O.O=C1c2ccccc2C(=O)N1c1nn(Cc2ccccc2)c2nc(Nc3cccc4c3CCC4)c(F)cc12. The van der Waals surface area contributed by atoms with Crippen molar-refractivity contribution in [1.29, 1.82) is 0 Å². The molecule has 5 aromatic carbocycles. The van der Waals surface area contributed by atoms with Gasteiger partial charge in [-0.3, -0.25) is 21.3 Å². The highest BCUT2D eigenvalue weighted by molar-refractivity contribution is 6.35. The molecule has 0 saturated carbocycles. The molecule has 12 rings (SSSR count). The zero-order valence-electron chi connectivity index (χ0n) is 37.3. The summed E-state index contributed by atoms with van der Waals surface area (Å²) in [5.74, 6) is 6.62. The number of halogens is 2. The smallest absolute Gasteiger partial charge is 0.267 e. The lowest BCUT2D eigenvalue weighted by molar-refractivity contribution is 0.0925. The van der Waals surface area contributed by atoms with Crippen LogP contribution in [0.1, 0.15) is 66.9 Å². The number of pyridine rings is 2. The molecule has 0 spiro atoms. The van der Waals surface area contributed by atoms with Gasteiger partial charge in [-0.25, -0.2) is 33.0 Å². The van der Waals surface area contributed by atoms with E-state index in [0.29, 0.717) is 40.9 Å². The fourth-order valence-corrected chi connectivity index (χ4v) is 9.34. The number of anilines is 6. The Labute approximate surface area is 394 Å². The van der Waals surface area contributed by atoms with Gasteiger partial charge in [-0.2, -0.15) is 10.2 Å². The van der Waals surface area contributed by atoms with E-state index in [4.69, 9.17) is 5.73 Å². The van der Waals surface area contributed by atoms with Gasteiger partial charge < -0.3 is 21.8 Å². The number of fused-ring (bicyclic) bond motifs is 5. The van der Waals surface area contributed by atoms with Gasteiger partial charge in [0.05, 0.1) is 35.0 Å².